The fourth-order valence-corrected chi connectivity index (χ4v) is 3.11. The van der Waals surface area contributed by atoms with E-state index in [0.29, 0.717) is 5.88 Å². The Morgan fingerprint density at radius 2 is 1.95 bits per heavy atom. The number of thioether (sulfide) groups is 1. The first-order valence-electron chi connectivity index (χ1n) is 6.47. The van der Waals surface area contributed by atoms with E-state index in [2.05, 4.69) is 4.90 Å². The van der Waals surface area contributed by atoms with E-state index >= 15 is 0 Å². The molecule has 0 radical (unpaired) electrons. The number of hydrogen-bond donors (Lipinski definition) is 0. The average molecular weight is 299 g/mol. The van der Waals surface area contributed by atoms with Crippen LogP contribution in [0.25, 0.3) is 0 Å². The monoisotopic (exact) mass is 298 g/mol. The molecule has 1 amide bonds. The van der Waals surface area contributed by atoms with Crippen LogP contribution < -0.4 is 0 Å². The first-order chi connectivity index (χ1) is 9.26. The van der Waals surface area contributed by atoms with Crippen LogP contribution in [0.1, 0.15) is 10.4 Å². The Labute approximate surface area is 123 Å². The molecule has 1 fully saturated rings. The lowest BCUT2D eigenvalue weighted by Gasteiger charge is -2.34. The smallest absolute Gasteiger partial charge is 0.255 e. The van der Waals surface area contributed by atoms with E-state index in [-0.39, 0.29) is 5.91 Å². The molecule has 0 saturated carbocycles. The highest BCUT2D eigenvalue weighted by atomic mass is 35.5. The number of carbonyl (C=O) groups is 1. The van der Waals surface area contributed by atoms with Gasteiger partial charge in [0.2, 0.25) is 0 Å². The molecule has 3 nitrogen and oxygen atoms in total. The van der Waals surface area contributed by atoms with Gasteiger partial charge in [-0.25, -0.2) is 0 Å². The minimum absolute atomic E-state index is 0.149. The van der Waals surface area contributed by atoms with E-state index < -0.39 is 0 Å². The normalized spacial score (nSPS) is 16.6. The minimum atomic E-state index is 0.149. The third kappa shape index (κ3) is 3.65. The quantitative estimate of drug-likeness (QED) is 0.630. The molecule has 1 aliphatic rings. The van der Waals surface area contributed by atoms with Crippen LogP contribution in [0.2, 0.25) is 0 Å². The van der Waals surface area contributed by atoms with Gasteiger partial charge in [0.05, 0.1) is 5.56 Å². The molecular formula is C14H19ClN2OS. The van der Waals surface area contributed by atoms with Gasteiger partial charge in [0.25, 0.3) is 5.91 Å². The van der Waals surface area contributed by atoms with Gasteiger partial charge in [0.1, 0.15) is 0 Å². The molecule has 5 heteroatoms. The molecule has 1 aromatic carbocycles. The van der Waals surface area contributed by atoms with E-state index in [9.17, 15) is 4.79 Å². The van der Waals surface area contributed by atoms with Crippen LogP contribution in [0, 0.1) is 0 Å². The van der Waals surface area contributed by atoms with E-state index in [1.54, 1.807) is 11.8 Å². The van der Waals surface area contributed by atoms with Gasteiger partial charge < -0.3 is 4.90 Å². The Morgan fingerprint density at radius 1 is 1.26 bits per heavy atom. The second-order valence-corrected chi connectivity index (χ2v) is 5.75. The summed E-state index contributed by atoms with van der Waals surface area (Å²) in [4.78, 5) is 17.8. The molecule has 2 rings (SSSR count). The maximum Gasteiger partial charge on any atom is 0.255 e. The zero-order valence-corrected chi connectivity index (χ0v) is 12.7. The van der Waals surface area contributed by atoms with Gasteiger partial charge in [-0.05, 0) is 18.4 Å². The van der Waals surface area contributed by atoms with Gasteiger partial charge in [-0.3, -0.25) is 9.69 Å². The largest absolute Gasteiger partial charge is 0.336 e. The molecule has 0 atom stereocenters. The lowest BCUT2D eigenvalue weighted by atomic mass is 10.2. The topological polar surface area (TPSA) is 23.6 Å². The van der Waals surface area contributed by atoms with E-state index in [0.717, 1.165) is 43.2 Å². The van der Waals surface area contributed by atoms with Crippen molar-refractivity contribution in [3.05, 3.63) is 29.8 Å². The van der Waals surface area contributed by atoms with Gasteiger partial charge >= 0.3 is 0 Å². The van der Waals surface area contributed by atoms with Crippen molar-refractivity contribution >= 4 is 29.3 Å². The summed E-state index contributed by atoms with van der Waals surface area (Å²) in [5, 5.41) is 0. The fraction of sp³-hybridized carbons (Fsp3) is 0.500. The second kappa shape index (κ2) is 7.17. The van der Waals surface area contributed by atoms with Crippen LogP contribution in [0.15, 0.2) is 29.2 Å². The van der Waals surface area contributed by atoms with Crippen LogP contribution in [0.4, 0.5) is 0 Å². The van der Waals surface area contributed by atoms with Crippen molar-refractivity contribution in [1.29, 1.82) is 0 Å². The summed E-state index contributed by atoms with van der Waals surface area (Å²) < 4.78 is 0. The van der Waals surface area contributed by atoms with Crippen LogP contribution in [0.5, 0.6) is 0 Å². The van der Waals surface area contributed by atoms with Crippen molar-refractivity contribution in [2.45, 2.75) is 4.90 Å². The minimum Gasteiger partial charge on any atom is -0.336 e. The number of nitrogens with zero attached hydrogens (tertiary/aromatic N) is 2. The summed E-state index contributed by atoms with van der Waals surface area (Å²) in [7, 11) is 0. The molecular weight excluding hydrogens is 280 g/mol. The third-order valence-corrected chi connectivity index (χ3v) is 4.36. The molecule has 0 spiro atoms. The number of carbonyl (C=O) groups excluding carboxylic acids is 1. The predicted molar refractivity (Wildman–Crippen MR) is 81.3 cm³/mol. The van der Waals surface area contributed by atoms with Crippen molar-refractivity contribution in [2.24, 2.45) is 0 Å². The average Bonchev–Trinajstić information content (AvgIpc) is 2.47. The molecule has 1 aromatic rings. The Morgan fingerprint density at radius 3 is 2.58 bits per heavy atom. The van der Waals surface area contributed by atoms with Gasteiger partial charge in [-0.2, -0.15) is 0 Å². The summed E-state index contributed by atoms with van der Waals surface area (Å²) in [6, 6.07) is 7.82. The second-order valence-electron chi connectivity index (χ2n) is 4.52. The standard InChI is InChI=1S/C14H19ClN2OS/c1-19-13-5-3-2-4-12(13)14(18)17-10-8-16(7-6-15)9-11-17/h2-5H,6-11H2,1H3. The molecule has 104 valence electrons. The summed E-state index contributed by atoms with van der Waals surface area (Å²) in [6.07, 6.45) is 2.00. The van der Waals surface area contributed by atoms with Crippen LogP contribution in [-0.2, 0) is 0 Å². The van der Waals surface area contributed by atoms with Crippen molar-refractivity contribution < 1.29 is 4.79 Å². The molecule has 1 saturated heterocycles. The first-order valence-corrected chi connectivity index (χ1v) is 8.23. The molecule has 19 heavy (non-hydrogen) atoms. The van der Waals surface area contributed by atoms with Crippen molar-refractivity contribution in [3.63, 3.8) is 0 Å². The molecule has 0 N–H and O–H groups in total. The molecule has 0 bridgehead atoms. The zero-order valence-electron chi connectivity index (χ0n) is 11.1. The van der Waals surface area contributed by atoms with Gasteiger partial charge in [0, 0.05) is 43.5 Å². The SMILES string of the molecule is CSc1ccccc1C(=O)N1CCN(CCCl)CC1. The van der Waals surface area contributed by atoms with E-state index in [4.69, 9.17) is 11.6 Å². The highest BCUT2D eigenvalue weighted by Gasteiger charge is 2.23. The number of rotatable bonds is 4. The van der Waals surface area contributed by atoms with Crippen molar-refractivity contribution in [1.82, 2.24) is 9.80 Å². The number of halogens is 1. The maximum atomic E-state index is 12.5. The van der Waals surface area contributed by atoms with Crippen LogP contribution >= 0.6 is 23.4 Å². The molecule has 0 aliphatic carbocycles. The molecule has 1 aliphatic heterocycles. The Kier molecular flexibility index (Phi) is 5.55. The predicted octanol–water partition coefficient (Wildman–Crippen LogP) is 2.41. The molecule has 1 heterocycles. The highest BCUT2D eigenvalue weighted by Crippen LogP contribution is 2.21. The number of benzene rings is 1. The summed E-state index contributed by atoms with van der Waals surface area (Å²) in [6.45, 7) is 4.32. The summed E-state index contributed by atoms with van der Waals surface area (Å²) in [5.74, 6) is 0.805. The Bertz CT molecular complexity index is 433. The molecule has 0 aromatic heterocycles. The lowest BCUT2D eigenvalue weighted by Crippen LogP contribution is -2.49. The number of piperazine rings is 1. The molecule has 0 unspecified atom stereocenters. The van der Waals surface area contributed by atoms with Gasteiger partial charge in [-0.1, -0.05) is 12.1 Å². The third-order valence-electron chi connectivity index (χ3n) is 3.40. The van der Waals surface area contributed by atoms with Crippen LogP contribution in [-0.4, -0.2) is 60.6 Å². The van der Waals surface area contributed by atoms with Crippen molar-refractivity contribution in [2.75, 3.05) is 44.9 Å². The maximum absolute atomic E-state index is 12.5. The van der Waals surface area contributed by atoms with Gasteiger partial charge in [0.15, 0.2) is 0 Å². The summed E-state index contributed by atoms with van der Waals surface area (Å²) >= 11 is 7.37. The van der Waals surface area contributed by atoms with Crippen LogP contribution in [0.3, 0.4) is 0 Å². The fourth-order valence-electron chi connectivity index (χ4n) is 2.29. The lowest BCUT2D eigenvalue weighted by molar-refractivity contribution is 0.0641. The van der Waals surface area contributed by atoms with Gasteiger partial charge in [-0.15, -0.1) is 23.4 Å². The van der Waals surface area contributed by atoms with Crippen molar-refractivity contribution in [3.8, 4) is 0 Å². The van der Waals surface area contributed by atoms with E-state index in [1.807, 2.05) is 35.4 Å². The number of hydrogen-bond acceptors (Lipinski definition) is 3. The number of alkyl halides is 1. The Hall–Kier alpha value is -0.710. The number of amides is 1. The van der Waals surface area contributed by atoms with E-state index in [1.165, 1.54) is 0 Å². The Balaban J connectivity index is 2.01. The first kappa shape index (κ1) is 14.7. The highest BCUT2D eigenvalue weighted by molar-refractivity contribution is 7.98. The summed E-state index contributed by atoms with van der Waals surface area (Å²) in [5.41, 5.74) is 0.820. The zero-order chi connectivity index (χ0) is 13.7.